The lowest BCUT2D eigenvalue weighted by atomic mass is 9.90. The maximum Gasteiger partial charge on any atom is 0.244 e. The highest BCUT2D eigenvalue weighted by Gasteiger charge is 2.35. The molecule has 9 heteroatoms. The van der Waals surface area contributed by atoms with E-state index in [0.29, 0.717) is 44.8 Å². The van der Waals surface area contributed by atoms with Crippen molar-refractivity contribution in [2.45, 2.75) is 25.5 Å². The molecule has 3 heterocycles. The number of ether oxygens (including phenoxy) is 1. The van der Waals surface area contributed by atoms with E-state index >= 15 is 0 Å². The number of carbonyl (C=O) groups is 2. The van der Waals surface area contributed by atoms with E-state index in [0.717, 1.165) is 13.1 Å². The molecule has 8 nitrogen and oxygen atoms in total. The van der Waals surface area contributed by atoms with Crippen molar-refractivity contribution >= 4 is 11.8 Å². The van der Waals surface area contributed by atoms with Crippen molar-refractivity contribution in [2.24, 2.45) is 5.92 Å². The fourth-order valence-electron chi connectivity index (χ4n) is 4.32. The molecule has 2 atom stereocenters. The Morgan fingerprint density at radius 2 is 1.81 bits per heavy atom. The van der Waals surface area contributed by atoms with E-state index in [-0.39, 0.29) is 36.2 Å². The number of halogens is 1. The number of likely N-dealkylation sites (N-methyl/N-ethyl adjacent to an activating group) is 1. The number of rotatable bonds is 6. The van der Waals surface area contributed by atoms with E-state index in [9.17, 15) is 14.0 Å². The van der Waals surface area contributed by atoms with Crippen molar-refractivity contribution in [1.29, 1.82) is 0 Å². The van der Waals surface area contributed by atoms with Crippen molar-refractivity contribution < 1.29 is 18.7 Å². The standard InChI is InChI=1S/C23H30FN5O3/c1-26-11-13-27(14-12-26)22(30)15-18-16-28(23(31)17-29-9-2-8-25-29)10-7-21(18)32-20-5-3-19(24)4-6-20/h2-6,8-9,18,21H,7,10-17H2,1H3/t18-,21-/m0/s1. The van der Waals surface area contributed by atoms with Gasteiger partial charge >= 0.3 is 0 Å². The predicted molar refractivity (Wildman–Crippen MR) is 116 cm³/mol. The lowest BCUT2D eigenvalue weighted by molar-refractivity contribution is -0.140. The quantitative estimate of drug-likeness (QED) is 0.677. The smallest absolute Gasteiger partial charge is 0.244 e. The zero-order valence-corrected chi connectivity index (χ0v) is 18.4. The second kappa shape index (κ2) is 10.1. The molecule has 0 unspecified atom stereocenters. The van der Waals surface area contributed by atoms with E-state index in [2.05, 4.69) is 17.0 Å². The van der Waals surface area contributed by atoms with Crippen LogP contribution in [0.5, 0.6) is 5.75 Å². The van der Waals surface area contributed by atoms with Crippen LogP contribution in [0.15, 0.2) is 42.7 Å². The molecule has 0 aliphatic carbocycles. The normalized spacial score (nSPS) is 22.1. The molecule has 0 radical (unpaired) electrons. The van der Waals surface area contributed by atoms with Crippen LogP contribution >= 0.6 is 0 Å². The molecule has 0 spiro atoms. The molecule has 2 amide bonds. The molecular weight excluding hydrogens is 413 g/mol. The highest BCUT2D eigenvalue weighted by Crippen LogP contribution is 2.27. The van der Waals surface area contributed by atoms with E-state index in [1.807, 2.05) is 4.90 Å². The lowest BCUT2D eigenvalue weighted by Gasteiger charge is -2.40. The van der Waals surface area contributed by atoms with Gasteiger partial charge in [0.05, 0.1) is 0 Å². The van der Waals surface area contributed by atoms with Crippen molar-refractivity contribution in [3.63, 3.8) is 0 Å². The first-order valence-corrected chi connectivity index (χ1v) is 11.1. The Bertz CT molecular complexity index is 897. The summed E-state index contributed by atoms with van der Waals surface area (Å²) in [6, 6.07) is 7.71. The van der Waals surface area contributed by atoms with E-state index in [1.165, 1.54) is 12.1 Å². The minimum absolute atomic E-state index is 0.0222. The molecule has 2 aliphatic heterocycles. The van der Waals surface area contributed by atoms with Gasteiger partial charge in [-0.1, -0.05) is 0 Å². The maximum absolute atomic E-state index is 13.3. The largest absolute Gasteiger partial charge is 0.490 e. The summed E-state index contributed by atoms with van der Waals surface area (Å²) >= 11 is 0. The van der Waals surface area contributed by atoms with Gasteiger partial charge in [0.1, 0.15) is 24.2 Å². The highest BCUT2D eigenvalue weighted by atomic mass is 19.1. The number of likely N-dealkylation sites (tertiary alicyclic amines) is 1. The molecule has 2 aliphatic rings. The predicted octanol–water partition coefficient (Wildman–Crippen LogP) is 1.48. The molecule has 32 heavy (non-hydrogen) atoms. The summed E-state index contributed by atoms with van der Waals surface area (Å²) in [6.45, 7) is 4.33. The van der Waals surface area contributed by atoms with Gasteiger partial charge in [-0.2, -0.15) is 5.10 Å². The molecule has 2 aromatic rings. The molecule has 0 N–H and O–H groups in total. The van der Waals surface area contributed by atoms with Gasteiger partial charge < -0.3 is 19.4 Å². The molecule has 4 rings (SSSR count). The average Bonchev–Trinajstić information content (AvgIpc) is 3.30. The van der Waals surface area contributed by atoms with Crippen molar-refractivity contribution in [2.75, 3.05) is 46.3 Å². The van der Waals surface area contributed by atoms with Crippen LogP contribution in [-0.4, -0.2) is 88.7 Å². The Labute approximate surface area is 187 Å². The first-order valence-electron chi connectivity index (χ1n) is 11.1. The summed E-state index contributed by atoms with van der Waals surface area (Å²) in [5.74, 6) is 0.189. The third-order valence-electron chi connectivity index (χ3n) is 6.27. The second-order valence-corrected chi connectivity index (χ2v) is 8.59. The van der Waals surface area contributed by atoms with Gasteiger partial charge in [-0.05, 0) is 37.4 Å². The number of benzene rings is 1. The van der Waals surface area contributed by atoms with Crippen LogP contribution in [0.25, 0.3) is 0 Å². The Morgan fingerprint density at radius 1 is 1.06 bits per heavy atom. The second-order valence-electron chi connectivity index (χ2n) is 8.59. The first-order chi connectivity index (χ1) is 15.5. The third-order valence-corrected chi connectivity index (χ3v) is 6.27. The van der Waals surface area contributed by atoms with Crippen molar-refractivity contribution in [3.05, 3.63) is 48.5 Å². The van der Waals surface area contributed by atoms with Gasteiger partial charge in [0.2, 0.25) is 11.8 Å². The summed E-state index contributed by atoms with van der Waals surface area (Å²) in [6.07, 6.45) is 4.12. The monoisotopic (exact) mass is 443 g/mol. The molecule has 1 aromatic carbocycles. The van der Waals surface area contributed by atoms with Gasteiger partial charge in [0.25, 0.3) is 0 Å². The number of hydrogen-bond donors (Lipinski definition) is 0. The third kappa shape index (κ3) is 5.64. The summed E-state index contributed by atoms with van der Waals surface area (Å²) in [7, 11) is 2.05. The molecule has 172 valence electrons. The van der Waals surface area contributed by atoms with Gasteiger partial charge in [0.15, 0.2) is 0 Å². The summed E-state index contributed by atoms with van der Waals surface area (Å²) in [5, 5.41) is 4.11. The maximum atomic E-state index is 13.3. The molecular formula is C23H30FN5O3. The van der Waals surface area contributed by atoms with Crippen LogP contribution in [0.2, 0.25) is 0 Å². The Hall–Kier alpha value is -2.94. The lowest BCUT2D eigenvalue weighted by Crippen LogP contribution is -2.52. The number of carbonyl (C=O) groups excluding carboxylic acids is 2. The number of piperazine rings is 1. The minimum Gasteiger partial charge on any atom is -0.490 e. The topological polar surface area (TPSA) is 70.9 Å². The summed E-state index contributed by atoms with van der Waals surface area (Å²) in [5.41, 5.74) is 0. The van der Waals surface area contributed by atoms with Crippen molar-refractivity contribution in [1.82, 2.24) is 24.5 Å². The van der Waals surface area contributed by atoms with Crippen LogP contribution in [0.1, 0.15) is 12.8 Å². The number of hydrogen-bond acceptors (Lipinski definition) is 5. The van der Waals surface area contributed by atoms with Gasteiger partial charge in [-0.25, -0.2) is 4.39 Å². The Balaban J connectivity index is 1.43. The first kappa shape index (κ1) is 22.3. The fraction of sp³-hybridized carbons (Fsp3) is 0.522. The molecule has 0 saturated carbocycles. The number of amides is 2. The SMILES string of the molecule is CN1CCN(C(=O)C[C@H]2CN(C(=O)Cn3cccn3)CC[C@@H]2Oc2ccc(F)cc2)CC1. The number of piperidine rings is 1. The molecule has 0 bridgehead atoms. The van der Waals surface area contributed by atoms with E-state index < -0.39 is 0 Å². The van der Waals surface area contributed by atoms with E-state index in [1.54, 1.807) is 40.2 Å². The molecule has 2 saturated heterocycles. The Kier molecular flexibility index (Phi) is 7.04. The van der Waals surface area contributed by atoms with Crippen LogP contribution in [0.4, 0.5) is 4.39 Å². The minimum atomic E-state index is -0.321. The van der Waals surface area contributed by atoms with Crippen LogP contribution in [0.3, 0.4) is 0 Å². The summed E-state index contributed by atoms with van der Waals surface area (Å²) < 4.78 is 21.0. The van der Waals surface area contributed by atoms with Crippen LogP contribution < -0.4 is 4.74 Å². The van der Waals surface area contributed by atoms with Crippen molar-refractivity contribution in [3.8, 4) is 5.75 Å². The fourth-order valence-corrected chi connectivity index (χ4v) is 4.32. The average molecular weight is 444 g/mol. The zero-order chi connectivity index (χ0) is 22.5. The molecule has 2 fully saturated rings. The highest BCUT2D eigenvalue weighted by molar-refractivity contribution is 5.78. The van der Waals surface area contributed by atoms with E-state index in [4.69, 9.17) is 4.74 Å². The number of aromatic nitrogens is 2. The van der Waals surface area contributed by atoms with Gasteiger partial charge in [-0.3, -0.25) is 14.3 Å². The summed E-state index contributed by atoms with van der Waals surface area (Å²) in [4.78, 5) is 31.8. The number of nitrogens with zero attached hydrogens (tertiary/aromatic N) is 5. The van der Waals surface area contributed by atoms with Gasteiger partial charge in [0, 0.05) is 70.4 Å². The van der Waals surface area contributed by atoms with Gasteiger partial charge in [-0.15, -0.1) is 0 Å². The molecule has 1 aromatic heterocycles. The van der Waals surface area contributed by atoms with Crippen LogP contribution in [0, 0.1) is 11.7 Å². The zero-order valence-electron chi connectivity index (χ0n) is 18.4. The Morgan fingerprint density at radius 3 is 2.50 bits per heavy atom. The van der Waals surface area contributed by atoms with Crippen LogP contribution in [-0.2, 0) is 16.1 Å².